The summed E-state index contributed by atoms with van der Waals surface area (Å²) in [6.45, 7) is 2.62. The number of hydrogen-bond acceptors (Lipinski definition) is 4. The Morgan fingerprint density at radius 1 is 1.67 bits per heavy atom. The van der Waals surface area contributed by atoms with Gasteiger partial charge in [-0.05, 0) is 13.5 Å². The Kier molecular flexibility index (Phi) is 1.61. The summed E-state index contributed by atoms with van der Waals surface area (Å²) in [4.78, 5) is 3.87. The fourth-order valence-electron chi connectivity index (χ4n) is 1.32. The summed E-state index contributed by atoms with van der Waals surface area (Å²) in [6.07, 6.45) is 0.411. The van der Waals surface area contributed by atoms with Crippen LogP contribution in [-0.4, -0.2) is 23.2 Å². The molecule has 0 aromatic carbocycles. The zero-order chi connectivity index (χ0) is 8.60. The summed E-state index contributed by atoms with van der Waals surface area (Å²) < 4.78 is 18.6. The summed E-state index contributed by atoms with van der Waals surface area (Å²) in [5, 5.41) is 6.47. The fraction of sp³-hybridized carbons (Fsp3) is 0.714. The standard InChI is InChI=1S/C7H10FN3O/c1-5-10-6(12-11-5)7(8)2-3-9-4-7/h9H,2-4H2,1H3. The molecular formula is C7H10FN3O. The topological polar surface area (TPSA) is 51.0 Å². The molecule has 0 amide bonds. The molecule has 2 heterocycles. The Balaban J connectivity index is 2.28. The summed E-state index contributed by atoms with van der Waals surface area (Å²) in [5.74, 6) is 0.582. The molecule has 66 valence electrons. The number of halogens is 1. The van der Waals surface area contributed by atoms with Crippen molar-refractivity contribution in [1.29, 1.82) is 0 Å². The monoisotopic (exact) mass is 171 g/mol. The van der Waals surface area contributed by atoms with Crippen LogP contribution in [0.1, 0.15) is 18.1 Å². The van der Waals surface area contributed by atoms with Crippen molar-refractivity contribution < 1.29 is 8.91 Å². The van der Waals surface area contributed by atoms with Gasteiger partial charge in [0.1, 0.15) is 0 Å². The molecule has 0 spiro atoms. The first-order valence-corrected chi connectivity index (χ1v) is 3.91. The van der Waals surface area contributed by atoms with E-state index in [2.05, 4.69) is 15.5 Å². The van der Waals surface area contributed by atoms with Crippen molar-refractivity contribution in [1.82, 2.24) is 15.5 Å². The molecule has 12 heavy (non-hydrogen) atoms. The van der Waals surface area contributed by atoms with Crippen molar-refractivity contribution in [2.75, 3.05) is 13.1 Å². The van der Waals surface area contributed by atoms with Gasteiger partial charge in [-0.3, -0.25) is 0 Å². The van der Waals surface area contributed by atoms with Gasteiger partial charge < -0.3 is 9.84 Å². The van der Waals surface area contributed by atoms with Gasteiger partial charge in [-0.25, -0.2) is 4.39 Å². The third-order valence-electron chi connectivity index (χ3n) is 2.01. The lowest BCUT2D eigenvalue weighted by Gasteiger charge is -2.10. The molecule has 0 saturated carbocycles. The van der Waals surface area contributed by atoms with E-state index in [1.54, 1.807) is 6.92 Å². The average Bonchev–Trinajstić information content (AvgIpc) is 2.59. The molecule has 1 saturated heterocycles. The molecule has 1 aliphatic heterocycles. The highest BCUT2D eigenvalue weighted by Gasteiger charge is 2.40. The van der Waals surface area contributed by atoms with Gasteiger partial charge in [0.05, 0.1) is 0 Å². The molecule has 4 nitrogen and oxygen atoms in total. The second-order valence-electron chi connectivity index (χ2n) is 3.04. The van der Waals surface area contributed by atoms with Crippen molar-refractivity contribution in [2.24, 2.45) is 0 Å². The summed E-state index contributed by atoms with van der Waals surface area (Å²) in [6, 6.07) is 0. The van der Waals surface area contributed by atoms with Gasteiger partial charge in [-0.1, -0.05) is 5.16 Å². The summed E-state index contributed by atoms with van der Waals surface area (Å²) in [7, 11) is 0. The van der Waals surface area contributed by atoms with Crippen molar-refractivity contribution in [2.45, 2.75) is 19.0 Å². The summed E-state index contributed by atoms with van der Waals surface area (Å²) in [5.41, 5.74) is -1.44. The maximum absolute atomic E-state index is 13.8. The average molecular weight is 171 g/mol. The number of aryl methyl sites for hydroxylation is 1. The van der Waals surface area contributed by atoms with Gasteiger partial charge in [0, 0.05) is 13.0 Å². The van der Waals surface area contributed by atoms with Crippen LogP contribution in [0.25, 0.3) is 0 Å². The third-order valence-corrected chi connectivity index (χ3v) is 2.01. The zero-order valence-electron chi connectivity index (χ0n) is 6.80. The molecule has 2 rings (SSSR count). The molecule has 1 aliphatic rings. The van der Waals surface area contributed by atoms with Crippen LogP contribution in [0.2, 0.25) is 0 Å². The van der Waals surface area contributed by atoms with Gasteiger partial charge in [0.2, 0.25) is 5.67 Å². The second kappa shape index (κ2) is 2.52. The number of rotatable bonds is 1. The molecule has 0 bridgehead atoms. The number of alkyl halides is 1. The highest BCUT2D eigenvalue weighted by molar-refractivity contribution is 5.03. The zero-order valence-corrected chi connectivity index (χ0v) is 6.80. The smallest absolute Gasteiger partial charge is 0.265 e. The normalized spacial score (nSPS) is 29.5. The van der Waals surface area contributed by atoms with Crippen LogP contribution in [0.3, 0.4) is 0 Å². The van der Waals surface area contributed by atoms with E-state index in [0.29, 0.717) is 18.8 Å². The predicted octanol–water partition coefficient (Wildman–Crippen LogP) is 0.536. The van der Waals surface area contributed by atoms with Gasteiger partial charge in [0.15, 0.2) is 5.82 Å². The Morgan fingerprint density at radius 3 is 3.00 bits per heavy atom. The van der Waals surface area contributed by atoms with E-state index in [9.17, 15) is 4.39 Å². The molecular weight excluding hydrogens is 161 g/mol. The second-order valence-corrected chi connectivity index (χ2v) is 3.04. The van der Waals surface area contributed by atoms with Crippen LogP contribution in [-0.2, 0) is 5.67 Å². The Morgan fingerprint density at radius 2 is 2.50 bits per heavy atom. The van der Waals surface area contributed by atoms with Crippen LogP contribution in [0.4, 0.5) is 4.39 Å². The van der Waals surface area contributed by atoms with E-state index in [0.717, 1.165) is 0 Å². The largest absolute Gasteiger partial charge is 0.336 e. The molecule has 5 heteroatoms. The van der Waals surface area contributed by atoms with Crippen LogP contribution >= 0.6 is 0 Å². The van der Waals surface area contributed by atoms with E-state index >= 15 is 0 Å². The molecule has 1 fully saturated rings. The first kappa shape index (κ1) is 7.67. The highest BCUT2D eigenvalue weighted by Crippen LogP contribution is 2.30. The molecule has 1 aromatic heterocycles. The maximum atomic E-state index is 13.8. The van der Waals surface area contributed by atoms with Gasteiger partial charge >= 0.3 is 0 Å². The van der Waals surface area contributed by atoms with Crippen LogP contribution in [0.15, 0.2) is 4.52 Å². The van der Waals surface area contributed by atoms with Crippen molar-refractivity contribution in [3.8, 4) is 0 Å². The first-order chi connectivity index (χ1) is 5.71. The fourth-order valence-corrected chi connectivity index (χ4v) is 1.32. The van der Waals surface area contributed by atoms with Crippen molar-refractivity contribution >= 4 is 0 Å². The van der Waals surface area contributed by atoms with E-state index < -0.39 is 5.67 Å². The minimum atomic E-state index is -1.44. The van der Waals surface area contributed by atoms with Gasteiger partial charge in [0.25, 0.3) is 5.89 Å². The molecule has 1 unspecified atom stereocenters. The molecule has 1 atom stereocenters. The SMILES string of the molecule is Cc1noc(C2(F)CCNC2)n1. The number of aromatic nitrogens is 2. The van der Waals surface area contributed by atoms with E-state index in [4.69, 9.17) is 4.52 Å². The molecule has 1 N–H and O–H groups in total. The minimum absolute atomic E-state index is 0.102. The molecule has 0 aliphatic carbocycles. The van der Waals surface area contributed by atoms with Crippen LogP contribution < -0.4 is 5.32 Å². The van der Waals surface area contributed by atoms with E-state index in [-0.39, 0.29) is 12.4 Å². The molecule has 1 aromatic rings. The predicted molar refractivity (Wildman–Crippen MR) is 39.3 cm³/mol. The number of hydrogen-bond donors (Lipinski definition) is 1. The molecule has 0 radical (unpaired) electrons. The maximum Gasteiger partial charge on any atom is 0.265 e. The lowest BCUT2D eigenvalue weighted by molar-refractivity contribution is 0.134. The van der Waals surface area contributed by atoms with Gasteiger partial charge in [-0.15, -0.1) is 0 Å². The Hall–Kier alpha value is -0.970. The minimum Gasteiger partial charge on any atom is -0.336 e. The van der Waals surface area contributed by atoms with Crippen LogP contribution in [0, 0.1) is 6.92 Å². The first-order valence-electron chi connectivity index (χ1n) is 3.91. The van der Waals surface area contributed by atoms with E-state index in [1.165, 1.54) is 0 Å². The quantitative estimate of drug-likeness (QED) is 0.669. The lowest BCUT2D eigenvalue weighted by Crippen LogP contribution is -2.23. The number of nitrogens with zero attached hydrogens (tertiary/aromatic N) is 2. The lowest BCUT2D eigenvalue weighted by atomic mass is 10.1. The van der Waals surface area contributed by atoms with Crippen molar-refractivity contribution in [3.05, 3.63) is 11.7 Å². The highest BCUT2D eigenvalue weighted by atomic mass is 19.1. The Bertz CT molecular complexity index is 280. The van der Waals surface area contributed by atoms with Crippen molar-refractivity contribution in [3.63, 3.8) is 0 Å². The Labute approximate surface area is 69.2 Å². The number of nitrogens with one attached hydrogen (secondary N) is 1. The third kappa shape index (κ3) is 1.10. The van der Waals surface area contributed by atoms with E-state index in [1.807, 2.05) is 0 Å². The van der Waals surface area contributed by atoms with Crippen LogP contribution in [0.5, 0.6) is 0 Å². The summed E-state index contributed by atoms with van der Waals surface area (Å²) >= 11 is 0. The van der Waals surface area contributed by atoms with Gasteiger partial charge in [-0.2, -0.15) is 4.98 Å².